The van der Waals surface area contributed by atoms with E-state index in [-0.39, 0.29) is 0 Å². The van der Waals surface area contributed by atoms with Gasteiger partial charge in [0.15, 0.2) is 0 Å². The van der Waals surface area contributed by atoms with Gasteiger partial charge >= 0.3 is 0 Å². The average molecular weight is 317 g/mol. The fourth-order valence-electron chi connectivity index (χ4n) is 2.61. The highest BCUT2D eigenvalue weighted by Crippen LogP contribution is 2.24. The van der Waals surface area contributed by atoms with Crippen LogP contribution in [0.4, 0.5) is 0 Å². The number of nitrogens with zero attached hydrogens (tertiary/aromatic N) is 1. The summed E-state index contributed by atoms with van der Waals surface area (Å²) in [5, 5.41) is 1.97. The first-order valence-corrected chi connectivity index (χ1v) is 7.84. The summed E-state index contributed by atoms with van der Waals surface area (Å²) in [5.74, 6) is 0. The van der Waals surface area contributed by atoms with Gasteiger partial charge in [-0.1, -0.05) is 39.7 Å². The SMILES string of the molecule is Clc1cccc(CN2CCCC2CCCBr)c1. The molecule has 1 saturated heterocycles. The van der Waals surface area contributed by atoms with Crippen LogP contribution in [-0.4, -0.2) is 22.8 Å². The van der Waals surface area contributed by atoms with Crippen molar-refractivity contribution in [2.75, 3.05) is 11.9 Å². The molecule has 1 unspecified atom stereocenters. The lowest BCUT2D eigenvalue weighted by Crippen LogP contribution is -2.28. The van der Waals surface area contributed by atoms with Gasteiger partial charge in [0, 0.05) is 22.9 Å². The van der Waals surface area contributed by atoms with Crippen molar-refractivity contribution in [3.05, 3.63) is 34.9 Å². The van der Waals surface area contributed by atoms with Crippen LogP contribution < -0.4 is 0 Å². The maximum Gasteiger partial charge on any atom is 0.0409 e. The molecule has 1 heterocycles. The van der Waals surface area contributed by atoms with Crippen LogP contribution in [0.5, 0.6) is 0 Å². The monoisotopic (exact) mass is 315 g/mol. The second-order valence-corrected chi connectivity index (χ2v) is 5.96. The number of likely N-dealkylation sites (tertiary alicyclic amines) is 1. The highest BCUT2D eigenvalue weighted by Gasteiger charge is 2.23. The van der Waals surface area contributed by atoms with E-state index in [4.69, 9.17) is 11.6 Å². The van der Waals surface area contributed by atoms with Crippen LogP contribution in [0.2, 0.25) is 5.02 Å². The van der Waals surface area contributed by atoms with Gasteiger partial charge in [0.25, 0.3) is 0 Å². The van der Waals surface area contributed by atoms with Crippen LogP contribution in [0.15, 0.2) is 24.3 Å². The van der Waals surface area contributed by atoms with Crippen LogP contribution in [0.3, 0.4) is 0 Å². The van der Waals surface area contributed by atoms with E-state index in [1.54, 1.807) is 0 Å². The number of hydrogen-bond donors (Lipinski definition) is 0. The van der Waals surface area contributed by atoms with E-state index >= 15 is 0 Å². The fraction of sp³-hybridized carbons (Fsp3) is 0.571. The van der Waals surface area contributed by atoms with Gasteiger partial charge in [0.05, 0.1) is 0 Å². The van der Waals surface area contributed by atoms with Gasteiger partial charge in [-0.25, -0.2) is 0 Å². The Kier molecular flexibility index (Phi) is 5.33. The summed E-state index contributed by atoms with van der Waals surface area (Å²) in [7, 11) is 0. The minimum atomic E-state index is 0.770. The van der Waals surface area contributed by atoms with Gasteiger partial charge in [-0.15, -0.1) is 0 Å². The summed E-state index contributed by atoms with van der Waals surface area (Å²) >= 11 is 9.54. The molecule has 0 radical (unpaired) electrons. The molecule has 2 rings (SSSR count). The Morgan fingerprint density at radius 1 is 1.41 bits per heavy atom. The van der Waals surface area contributed by atoms with Crippen LogP contribution in [0.1, 0.15) is 31.2 Å². The molecule has 1 aliphatic heterocycles. The fourth-order valence-corrected chi connectivity index (χ4v) is 3.15. The third-order valence-electron chi connectivity index (χ3n) is 3.44. The predicted octanol–water partition coefficient (Wildman–Crippen LogP) is 4.48. The van der Waals surface area contributed by atoms with Crippen molar-refractivity contribution in [2.24, 2.45) is 0 Å². The smallest absolute Gasteiger partial charge is 0.0409 e. The van der Waals surface area contributed by atoms with Crippen molar-refractivity contribution in [1.29, 1.82) is 0 Å². The molecule has 1 aromatic rings. The molecule has 0 saturated carbocycles. The molecule has 3 heteroatoms. The van der Waals surface area contributed by atoms with Crippen LogP contribution in [0.25, 0.3) is 0 Å². The van der Waals surface area contributed by atoms with E-state index in [2.05, 4.69) is 33.0 Å². The molecule has 17 heavy (non-hydrogen) atoms. The van der Waals surface area contributed by atoms with Crippen molar-refractivity contribution < 1.29 is 0 Å². The quantitative estimate of drug-likeness (QED) is 0.724. The molecule has 0 aromatic heterocycles. The molecule has 1 atom stereocenters. The molecule has 0 bridgehead atoms. The minimum Gasteiger partial charge on any atom is -0.296 e. The third kappa shape index (κ3) is 3.97. The maximum absolute atomic E-state index is 6.03. The zero-order chi connectivity index (χ0) is 12.1. The zero-order valence-corrected chi connectivity index (χ0v) is 12.4. The number of alkyl halides is 1. The normalized spacial score (nSPS) is 20.9. The number of rotatable bonds is 5. The molecule has 1 fully saturated rings. The van der Waals surface area contributed by atoms with Crippen molar-refractivity contribution in [1.82, 2.24) is 4.90 Å². The van der Waals surface area contributed by atoms with Crippen molar-refractivity contribution in [3.63, 3.8) is 0 Å². The second-order valence-electron chi connectivity index (χ2n) is 4.73. The van der Waals surface area contributed by atoms with E-state index in [0.717, 1.165) is 22.9 Å². The molecule has 0 amide bonds. The summed E-state index contributed by atoms with van der Waals surface area (Å²) in [6.45, 7) is 2.28. The van der Waals surface area contributed by atoms with E-state index in [1.807, 2.05) is 12.1 Å². The Morgan fingerprint density at radius 2 is 2.29 bits per heavy atom. The van der Waals surface area contributed by atoms with Crippen molar-refractivity contribution >= 4 is 27.5 Å². The van der Waals surface area contributed by atoms with Gasteiger partial charge < -0.3 is 0 Å². The van der Waals surface area contributed by atoms with E-state index in [0.29, 0.717) is 0 Å². The topological polar surface area (TPSA) is 3.24 Å². The molecule has 1 nitrogen and oxygen atoms in total. The van der Waals surface area contributed by atoms with Crippen LogP contribution in [0, 0.1) is 0 Å². The highest BCUT2D eigenvalue weighted by atomic mass is 79.9. The Hall–Kier alpha value is -0.0500. The van der Waals surface area contributed by atoms with E-state index < -0.39 is 0 Å². The van der Waals surface area contributed by atoms with E-state index in [9.17, 15) is 0 Å². The summed E-state index contributed by atoms with van der Waals surface area (Å²) in [6.07, 6.45) is 5.28. The standard InChI is InChI=1S/C14H19BrClN/c15-8-2-6-14-7-3-9-17(14)11-12-4-1-5-13(16)10-12/h1,4-5,10,14H,2-3,6-9,11H2. The number of benzene rings is 1. The summed E-state index contributed by atoms with van der Waals surface area (Å²) < 4.78 is 0. The first kappa shape index (κ1) is 13.4. The number of hydrogen-bond acceptors (Lipinski definition) is 1. The molecule has 94 valence electrons. The molecule has 0 N–H and O–H groups in total. The van der Waals surface area contributed by atoms with Crippen LogP contribution >= 0.6 is 27.5 Å². The Balaban J connectivity index is 1.93. The lowest BCUT2D eigenvalue weighted by atomic mass is 10.1. The van der Waals surface area contributed by atoms with Gasteiger partial charge in [-0.3, -0.25) is 4.90 Å². The average Bonchev–Trinajstić information content (AvgIpc) is 2.74. The number of halogens is 2. The molecule has 0 spiro atoms. The van der Waals surface area contributed by atoms with E-state index in [1.165, 1.54) is 37.8 Å². The van der Waals surface area contributed by atoms with Gasteiger partial charge in [0.1, 0.15) is 0 Å². The van der Waals surface area contributed by atoms with Crippen molar-refractivity contribution in [3.8, 4) is 0 Å². The maximum atomic E-state index is 6.03. The van der Waals surface area contributed by atoms with Gasteiger partial charge in [0.2, 0.25) is 0 Å². The lowest BCUT2D eigenvalue weighted by Gasteiger charge is -2.24. The van der Waals surface area contributed by atoms with Gasteiger partial charge in [-0.2, -0.15) is 0 Å². The molecular weight excluding hydrogens is 298 g/mol. The largest absolute Gasteiger partial charge is 0.296 e. The summed E-state index contributed by atoms with van der Waals surface area (Å²) in [5.41, 5.74) is 1.34. The van der Waals surface area contributed by atoms with Crippen LogP contribution in [-0.2, 0) is 6.54 Å². The first-order chi connectivity index (χ1) is 8.29. The second kappa shape index (κ2) is 6.77. The molecule has 1 aliphatic rings. The molecule has 0 aliphatic carbocycles. The first-order valence-electron chi connectivity index (χ1n) is 6.34. The lowest BCUT2D eigenvalue weighted by molar-refractivity contribution is 0.234. The van der Waals surface area contributed by atoms with Crippen molar-refractivity contribution in [2.45, 2.75) is 38.3 Å². The summed E-state index contributed by atoms with van der Waals surface area (Å²) in [4.78, 5) is 2.61. The zero-order valence-electron chi connectivity index (χ0n) is 10.0. The molecular formula is C14H19BrClN. The Morgan fingerprint density at radius 3 is 3.06 bits per heavy atom. The Labute approximate surface area is 117 Å². The minimum absolute atomic E-state index is 0.770. The highest BCUT2D eigenvalue weighted by molar-refractivity contribution is 9.09. The molecule has 1 aromatic carbocycles. The van der Waals surface area contributed by atoms with Gasteiger partial charge in [-0.05, 0) is 49.9 Å². The Bertz CT molecular complexity index is 356. The predicted molar refractivity (Wildman–Crippen MR) is 77.9 cm³/mol. The summed E-state index contributed by atoms with van der Waals surface area (Å²) in [6, 6.07) is 9.01. The third-order valence-corrected chi connectivity index (χ3v) is 4.24.